The minimum atomic E-state index is 0.782. The monoisotopic (exact) mass is 248 g/mol. The van der Waals surface area contributed by atoms with Gasteiger partial charge < -0.3 is 10.3 Å². The Labute approximate surface area is 106 Å². The normalized spacial score (nSPS) is 15.6. The molecule has 0 radical (unpaired) electrons. The van der Waals surface area contributed by atoms with Crippen molar-refractivity contribution in [2.24, 2.45) is 0 Å². The van der Waals surface area contributed by atoms with Crippen LogP contribution < -0.4 is 5.32 Å². The van der Waals surface area contributed by atoms with E-state index in [9.17, 15) is 0 Å². The summed E-state index contributed by atoms with van der Waals surface area (Å²) in [6.45, 7) is 3.19. The molecule has 17 heavy (non-hydrogen) atoms. The summed E-state index contributed by atoms with van der Waals surface area (Å²) in [5.41, 5.74) is 3.72. The zero-order valence-electron chi connectivity index (χ0n) is 10.0. The minimum Gasteiger partial charge on any atom is -0.357 e. The lowest BCUT2D eigenvalue weighted by atomic mass is 10.1. The molecule has 1 saturated carbocycles. The SMILES string of the molecule is Cc1[nH]c2c(Cl)cccc2c1CCNC1CC1. The van der Waals surface area contributed by atoms with E-state index in [2.05, 4.69) is 23.3 Å². The third kappa shape index (κ3) is 2.20. The summed E-state index contributed by atoms with van der Waals surface area (Å²) < 4.78 is 0. The van der Waals surface area contributed by atoms with E-state index >= 15 is 0 Å². The molecule has 1 aromatic carbocycles. The first kappa shape index (κ1) is 11.1. The molecule has 0 atom stereocenters. The zero-order chi connectivity index (χ0) is 11.8. The maximum atomic E-state index is 6.19. The maximum absolute atomic E-state index is 6.19. The van der Waals surface area contributed by atoms with Crippen molar-refractivity contribution in [1.29, 1.82) is 0 Å². The fraction of sp³-hybridized carbons (Fsp3) is 0.429. The van der Waals surface area contributed by atoms with Gasteiger partial charge in [-0.2, -0.15) is 0 Å². The largest absolute Gasteiger partial charge is 0.357 e. The van der Waals surface area contributed by atoms with E-state index in [1.807, 2.05) is 12.1 Å². The highest BCUT2D eigenvalue weighted by Crippen LogP contribution is 2.28. The smallest absolute Gasteiger partial charge is 0.0648 e. The summed E-state index contributed by atoms with van der Waals surface area (Å²) >= 11 is 6.19. The highest BCUT2D eigenvalue weighted by molar-refractivity contribution is 6.35. The Kier molecular flexibility index (Phi) is 2.85. The van der Waals surface area contributed by atoms with Gasteiger partial charge in [-0.1, -0.05) is 23.7 Å². The first-order chi connectivity index (χ1) is 8.25. The number of rotatable bonds is 4. The topological polar surface area (TPSA) is 27.8 Å². The molecule has 0 unspecified atom stereocenters. The predicted molar refractivity (Wildman–Crippen MR) is 72.8 cm³/mol. The number of benzene rings is 1. The Bertz CT molecular complexity index is 540. The fourth-order valence-corrected chi connectivity index (χ4v) is 2.60. The molecule has 0 amide bonds. The Morgan fingerprint density at radius 1 is 1.41 bits per heavy atom. The molecule has 1 aliphatic rings. The summed E-state index contributed by atoms with van der Waals surface area (Å²) in [6.07, 6.45) is 3.76. The Hall–Kier alpha value is -0.990. The average Bonchev–Trinajstić information content (AvgIpc) is 3.06. The van der Waals surface area contributed by atoms with Gasteiger partial charge >= 0.3 is 0 Å². The number of aromatic amines is 1. The van der Waals surface area contributed by atoms with E-state index in [4.69, 9.17) is 11.6 Å². The molecule has 1 fully saturated rings. The van der Waals surface area contributed by atoms with Crippen LogP contribution in [0.15, 0.2) is 18.2 Å². The summed E-state index contributed by atoms with van der Waals surface area (Å²) in [4.78, 5) is 3.39. The van der Waals surface area contributed by atoms with E-state index in [1.54, 1.807) is 0 Å². The summed E-state index contributed by atoms with van der Waals surface area (Å²) in [7, 11) is 0. The number of halogens is 1. The summed E-state index contributed by atoms with van der Waals surface area (Å²) in [5, 5.41) is 5.64. The van der Waals surface area contributed by atoms with Gasteiger partial charge in [-0.3, -0.25) is 0 Å². The standard InChI is InChI=1S/C14H17ClN2/c1-9-11(7-8-16-10-5-6-10)12-3-2-4-13(15)14(12)17-9/h2-4,10,16-17H,5-8H2,1H3. The van der Waals surface area contributed by atoms with Crippen molar-refractivity contribution < 1.29 is 0 Å². The predicted octanol–water partition coefficient (Wildman–Crippen LogP) is 3.42. The minimum absolute atomic E-state index is 0.782. The van der Waals surface area contributed by atoms with Crippen molar-refractivity contribution in [3.63, 3.8) is 0 Å². The van der Waals surface area contributed by atoms with Crippen LogP contribution in [0.25, 0.3) is 10.9 Å². The van der Waals surface area contributed by atoms with Crippen LogP contribution in [-0.4, -0.2) is 17.6 Å². The first-order valence-electron chi connectivity index (χ1n) is 6.25. The molecule has 0 saturated heterocycles. The van der Waals surface area contributed by atoms with Gasteiger partial charge in [0.15, 0.2) is 0 Å². The number of H-pyrrole nitrogens is 1. The van der Waals surface area contributed by atoms with Crippen LogP contribution in [0.2, 0.25) is 5.02 Å². The number of para-hydroxylation sites is 1. The van der Waals surface area contributed by atoms with Crippen LogP contribution >= 0.6 is 11.6 Å². The van der Waals surface area contributed by atoms with Crippen LogP contribution in [0.1, 0.15) is 24.1 Å². The van der Waals surface area contributed by atoms with E-state index < -0.39 is 0 Å². The van der Waals surface area contributed by atoms with E-state index in [-0.39, 0.29) is 0 Å². The van der Waals surface area contributed by atoms with Crippen molar-refractivity contribution in [1.82, 2.24) is 10.3 Å². The number of fused-ring (bicyclic) bond motifs is 1. The lowest BCUT2D eigenvalue weighted by molar-refractivity contribution is 0.682. The van der Waals surface area contributed by atoms with Crippen molar-refractivity contribution >= 4 is 22.5 Å². The van der Waals surface area contributed by atoms with E-state index in [0.717, 1.165) is 29.5 Å². The molecule has 3 heteroatoms. The lowest BCUT2D eigenvalue weighted by Gasteiger charge is -2.03. The van der Waals surface area contributed by atoms with Gasteiger partial charge in [0.05, 0.1) is 10.5 Å². The molecular formula is C14H17ClN2. The van der Waals surface area contributed by atoms with Gasteiger partial charge in [0.2, 0.25) is 0 Å². The van der Waals surface area contributed by atoms with Crippen molar-refractivity contribution in [2.45, 2.75) is 32.2 Å². The second kappa shape index (κ2) is 4.35. The molecule has 2 nitrogen and oxygen atoms in total. The first-order valence-corrected chi connectivity index (χ1v) is 6.62. The Morgan fingerprint density at radius 2 is 2.24 bits per heavy atom. The molecule has 1 aromatic heterocycles. The van der Waals surface area contributed by atoms with Crippen molar-refractivity contribution in [3.05, 3.63) is 34.5 Å². The average molecular weight is 249 g/mol. The quantitative estimate of drug-likeness (QED) is 0.853. The highest BCUT2D eigenvalue weighted by atomic mass is 35.5. The number of hydrogen-bond donors (Lipinski definition) is 2. The molecule has 0 aliphatic heterocycles. The van der Waals surface area contributed by atoms with Crippen LogP contribution in [0.3, 0.4) is 0 Å². The number of aromatic nitrogens is 1. The second-order valence-electron chi connectivity index (χ2n) is 4.87. The van der Waals surface area contributed by atoms with E-state index in [1.165, 1.54) is 29.5 Å². The van der Waals surface area contributed by atoms with Gasteiger partial charge in [0.1, 0.15) is 0 Å². The number of hydrogen-bond acceptors (Lipinski definition) is 1. The Morgan fingerprint density at radius 3 is 3.00 bits per heavy atom. The van der Waals surface area contributed by atoms with E-state index in [0.29, 0.717) is 0 Å². The molecule has 3 rings (SSSR count). The Balaban J connectivity index is 1.86. The third-order valence-electron chi connectivity index (χ3n) is 3.49. The van der Waals surface area contributed by atoms with Crippen LogP contribution in [0.5, 0.6) is 0 Å². The lowest BCUT2D eigenvalue weighted by Crippen LogP contribution is -2.19. The van der Waals surface area contributed by atoms with Gasteiger partial charge in [0, 0.05) is 17.1 Å². The van der Waals surface area contributed by atoms with Gasteiger partial charge in [-0.15, -0.1) is 0 Å². The molecule has 2 aromatic rings. The summed E-state index contributed by atoms with van der Waals surface area (Å²) in [5.74, 6) is 0. The molecule has 0 spiro atoms. The number of aryl methyl sites for hydroxylation is 1. The van der Waals surface area contributed by atoms with Crippen molar-refractivity contribution in [2.75, 3.05) is 6.54 Å². The van der Waals surface area contributed by atoms with Crippen LogP contribution in [0, 0.1) is 6.92 Å². The second-order valence-corrected chi connectivity index (χ2v) is 5.28. The molecule has 1 aliphatic carbocycles. The van der Waals surface area contributed by atoms with Gasteiger partial charge in [0.25, 0.3) is 0 Å². The highest BCUT2D eigenvalue weighted by Gasteiger charge is 2.20. The zero-order valence-corrected chi connectivity index (χ0v) is 10.8. The molecular weight excluding hydrogens is 232 g/mol. The van der Waals surface area contributed by atoms with Crippen LogP contribution in [0.4, 0.5) is 0 Å². The van der Waals surface area contributed by atoms with Crippen molar-refractivity contribution in [3.8, 4) is 0 Å². The fourth-order valence-electron chi connectivity index (χ4n) is 2.38. The maximum Gasteiger partial charge on any atom is 0.0648 e. The molecule has 0 bridgehead atoms. The summed E-state index contributed by atoms with van der Waals surface area (Å²) in [6, 6.07) is 6.89. The third-order valence-corrected chi connectivity index (χ3v) is 3.80. The molecule has 90 valence electrons. The number of nitrogens with one attached hydrogen (secondary N) is 2. The van der Waals surface area contributed by atoms with Crippen LogP contribution in [-0.2, 0) is 6.42 Å². The molecule has 2 N–H and O–H groups in total. The van der Waals surface area contributed by atoms with Gasteiger partial charge in [-0.25, -0.2) is 0 Å². The molecule has 1 heterocycles. The van der Waals surface area contributed by atoms with Gasteiger partial charge in [-0.05, 0) is 44.4 Å².